The predicted molar refractivity (Wildman–Crippen MR) is 70.6 cm³/mol. The van der Waals surface area contributed by atoms with Gasteiger partial charge in [0.05, 0.1) is 19.1 Å². The van der Waals surface area contributed by atoms with Crippen molar-refractivity contribution in [1.29, 1.82) is 0 Å². The van der Waals surface area contributed by atoms with E-state index in [2.05, 4.69) is 4.74 Å². The van der Waals surface area contributed by atoms with Gasteiger partial charge in [0, 0.05) is 17.2 Å². The molecule has 0 heterocycles. The largest absolute Gasteiger partial charge is 0.478 e. The number of carboxylic acid groups (broad SMARTS) is 1. The van der Waals surface area contributed by atoms with Gasteiger partial charge in [-0.3, -0.25) is 4.79 Å². The van der Waals surface area contributed by atoms with Crippen LogP contribution in [-0.4, -0.2) is 29.9 Å². The van der Waals surface area contributed by atoms with E-state index >= 15 is 0 Å². The van der Waals surface area contributed by atoms with Crippen LogP contribution in [0.2, 0.25) is 0 Å². The molecule has 0 unspecified atom stereocenters. The summed E-state index contributed by atoms with van der Waals surface area (Å²) >= 11 is 1.47. The molecule has 0 atom stereocenters. The summed E-state index contributed by atoms with van der Waals surface area (Å²) in [7, 11) is 1.34. The van der Waals surface area contributed by atoms with E-state index in [1.54, 1.807) is 18.2 Å². The molecule has 6 heteroatoms. The van der Waals surface area contributed by atoms with Crippen molar-refractivity contribution in [3.05, 3.63) is 29.3 Å². The molecule has 18 heavy (non-hydrogen) atoms. The Morgan fingerprint density at radius 1 is 1.44 bits per heavy atom. The summed E-state index contributed by atoms with van der Waals surface area (Å²) in [6.45, 7) is 0. The van der Waals surface area contributed by atoms with E-state index in [1.807, 2.05) is 0 Å². The van der Waals surface area contributed by atoms with E-state index in [1.165, 1.54) is 18.9 Å². The van der Waals surface area contributed by atoms with Crippen molar-refractivity contribution in [2.75, 3.05) is 18.6 Å². The van der Waals surface area contributed by atoms with Gasteiger partial charge in [-0.05, 0) is 11.6 Å². The van der Waals surface area contributed by atoms with E-state index in [0.717, 1.165) is 0 Å². The summed E-state index contributed by atoms with van der Waals surface area (Å²) in [6.07, 6.45) is 0.311. The Bertz CT molecular complexity index is 448. The summed E-state index contributed by atoms with van der Waals surface area (Å²) in [5.74, 6) is -0.213. The Balaban J connectivity index is 2.60. The van der Waals surface area contributed by atoms with Crippen molar-refractivity contribution in [3.8, 4) is 0 Å². The molecule has 5 nitrogen and oxygen atoms in total. The van der Waals surface area contributed by atoms with Crippen molar-refractivity contribution in [2.45, 2.75) is 12.2 Å². The molecule has 0 aliphatic carbocycles. The minimum atomic E-state index is -1.03. The molecule has 0 radical (unpaired) electrons. The monoisotopic (exact) mass is 269 g/mol. The molecule has 0 bridgehead atoms. The first-order valence-electron chi connectivity index (χ1n) is 5.31. The summed E-state index contributed by atoms with van der Waals surface area (Å²) in [4.78, 5) is 22.0. The topological polar surface area (TPSA) is 89.6 Å². The van der Waals surface area contributed by atoms with Gasteiger partial charge in [-0.15, -0.1) is 0 Å². The van der Waals surface area contributed by atoms with Gasteiger partial charge in [0.15, 0.2) is 0 Å². The van der Waals surface area contributed by atoms with Crippen molar-refractivity contribution >= 4 is 29.4 Å². The number of anilines is 1. The number of carbonyl (C=O) groups excluding carboxylic acids is 1. The summed E-state index contributed by atoms with van der Waals surface area (Å²) in [5.41, 5.74) is 6.70. The standard InChI is InChI=1S/C12H15NO4S/c1-17-10(14)5-6-18-7-8-3-2-4-9(13)11(8)12(15)16/h2-4H,5-7,13H2,1H3,(H,15,16). The summed E-state index contributed by atoms with van der Waals surface area (Å²) in [6, 6.07) is 5.01. The van der Waals surface area contributed by atoms with Crippen LogP contribution in [0.25, 0.3) is 0 Å². The zero-order valence-electron chi connectivity index (χ0n) is 10.0. The first kappa shape index (κ1) is 14.4. The van der Waals surface area contributed by atoms with Gasteiger partial charge in [0.2, 0.25) is 0 Å². The average Bonchev–Trinajstić information content (AvgIpc) is 2.33. The molecule has 0 fully saturated rings. The van der Waals surface area contributed by atoms with Gasteiger partial charge < -0.3 is 15.6 Å². The third kappa shape index (κ3) is 3.96. The fraction of sp³-hybridized carbons (Fsp3) is 0.333. The van der Waals surface area contributed by atoms with E-state index < -0.39 is 5.97 Å². The smallest absolute Gasteiger partial charge is 0.338 e. The minimum absolute atomic E-state index is 0.142. The maximum Gasteiger partial charge on any atom is 0.338 e. The summed E-state index contributed by atoms with van der Waals surface area (Å²) < 4.78 is 4.52. The van der Waals surface area contributed by atoms with Crippen LogP contribution in [0.3, 0.4) is 0 Å². The first-order valence-corrected chi connectivity index (χ1v) is 6.47. The van der Waals surface area contributed by atoms with Crippen LogP contribution in [0.4, 0.5) is 5.69 Å². The second-order valence-corrected chi connectivity index (χ2v) is 4.67. The van der Waals surface area contributed by atoms with Gasteiger partial charge >= 0.3 is 11.9 Å². The number of hydrogen-bond acceptors (Lipinski definition) is 5. The number of benzene rings is 1. The van der Waals surface area contributed by atoms with Crippen LogP contribution in [0.15, 0.2) is 18.2 Å². The van der Waals surface area contributed by atoms with Crippen molar-refractivity contribution < 1.29 is 19.4 Å². The number of carbonyl (C=O) groups is 2. The third-order valence-corrected chi connectivity index (χ3v) is 3.34. The van der Waals surface area contributed by atoms with E-state index in [-0.39, 0.29) is 17.2 Å². The Kier molecular flexibility index (Phi) is 5.51. The molecule has 1 rings (SSSR count). The lowest BCUT2D eigenvalue weighted by Crippen LogP contribution is -2.07. The lowest BCUT2D eigenvalue weighted by Gasteiger charge is -2.08. The molecule has 0 saturated heterocycles. The molecule has 3 N–H and O–H groups in total. The zero-order valence-corrected chi connectivity index (χ0v) is 10.8. The quantitative estimate of drug-likeness (QED) is 0.464. The second kappa shape index (κ2) is 6.90. The van der Waals surface area contributed by atoms with E-state index in [9.17, 15) is 9.59 Å². The van der Waals surface area contributed by atoms with Crippen molar-refractivity contribution in [1.82, 2.24) is 0 Å². The van der Waals surface area contributed by atoms with Crippen LogP contribution in [0, 0.1) is 0 Å². The molecule has 0 aromatic heterocycles. The fourth-order valence-electron chi connectivity index (χ4n) is 1.44. The Hall–Kier alpha value is -1.69. The average molecular weight is 269 g/mol. The van der Waals surface area contributed by atoms with Crippen LogP contribution >= 0.6 is 11.8 Å². The number of carboxylic acids is 1. The number of thioether (sulfide) groups is 1. The molecule has 1 aromatic rings. The molecule has 0 aliphatic rings. The molecular formula is C12H15NO4S. The van der Waals surface area contributed by atoms with Crippen LogP contribution < -0.4 is 5.73 Å². The number of esters is 1. The Labute approximate surface area is 109 Å². The zero-order chi connectivity index (χ0) is 13.5. The van der Waals surface area contributed by atoms with Crippen LogP contribution in [0.5, 0.6) is 0 Å². The molecule has 0 spiro atoms. The van der Waals surface area contributed by atoms with Gasteiger partial charge in [-0.25, -0.2) is 4.79 Å². The van der Waals surface area contributed by atoms with Crippen molar-refractivity contribution in [2.24, 2.45) is 0 Å². The highest BCUT2D eigenvalue weighted by Crippen LogP contribution is 2.22. The van der Waals surface area contributed by atoms with Gasteiger partial charge in [-0.2, -0.15) is 11.8 Å². The van der Waals surface area contributed by atoms with Crippen LogP contribution in [-0.2, 0) is 15.3 Å². The number of aromatic carboxylic acids is 1. The number of hydrogen-bond donors (Lipinski definition) is 2. The van der Waals surface area contributed by atoms with Crippen molar-refractivity contribution in [3.63, 3.8) is 0 Å². The molecular weight excluding hydrogens is 254 g/mol. The fourth-order valence-corrected chi connectivity index (χ4v) is 2.36. The molecule has 1 aromatic carbocycles. The lowest BCUT2D eigenvalue weighted by atomic mass is 10.1. The Morgan fingerprint density at radius 2 is 2.17 bits per heavy atom. The molecule has 98 valence electrons. The number of methoxy groups -OCH3 is 1. The van der Waals surface area contributed by atoms with E-state index in [0.29, 0.717) is 23.5 Å². The second-order valence-electron chi connectivity index (χ2n) is 3.57. The van der Waals surface area contributed by atoms with E-state index in [4.69, 9.17) is 10.8 Å². The number of rotatable bonds is 6. The van der Waals surface area contributed by atoms with Crippen LogP contribution in [0.1, 0.15) is 22.3 Å². The highest BCUT2D eigenvalue weighted by atomic mass is 32.2. The highest BCUT2D eigenvalue weighted by molar-refractivity contribution is 7.98. The SMILES string of the molecule is COC(=O)CCSCc1cccc(N)c1C(=O)O. The predicted octanol–water partition coefficient (Wildman–Crippen LogP) is 1.76. The third-order valence-electron chi connectivity index (χ3n) is 2.33. The molecule has 0 amide bonds. The Morgan fingerprint density at radius 3 is 2.78 bits per heavy atom. The highest BCUT2D eigenvalue weighted by Gasteiger charge is 2.13. The minimum Gasteiger partial charge on any atom is -0.478 e. The van der Waals surface area contributed by atoms with Gasteiger partial charge in [0.1, 0.15) is 0 Å². The first-order chi connectivity index (χ1) is 8.56. The lowest BCUT2D eigenvalue weighted by molar-refractivity contribution is -0.140. The number of nitrogen functional groups attached to an aromatic ring is 1. The number of ether oxygens (including phenoxy) is 1. The molecule has 0 aliphatic heterocycles. The van der Waals surface area contributed by atoms with Gasteiger partial charge in [0.25, 0.3) is 0 Å². The normalized spacial score (nSPS) is 10.1. The van der Waals surface area contributed by atoms with Gasteiger partial charge in [-0.1, -0.05) is 12.1 Å². The summed E-state index contributed by atoms with van der Waals surface area (Å²) in [5, 5.41) is 9.07. The molecule has 0 saturated carbocycles. The number of nitrogens with two attached hydrogens (primary N) is 1. The maximum atomic E-state index is 11.1. The maximum absolute atomic E-state index is 11.1.